The molecule has 2 rings (SSSR count). The van der Waals surface area contributed by atoms with Gasteiger partial charge >= 0.3 is 5.97 Å². The Hall–Kier alpha value is -1.26. The summed E-state index contributed by atoms with van der Waals surface area (Å²) in [6, 6.07) is 7.12. The fourth-order valence-corrected chi connectivity index (χ4v) is 2.50. The summed E-state index contributed by atoms with van der Waals surface area (Å²) >= 11 is 5.83. The number of anilines is 1. The summed E-state index contributed by atoms with van der Waals surface area (Å²) in [7, 11) is 0. The summed E-state index contributed by atoms with van der Waals surface area (Å²) in [4.78, 5) is 11.6. The molecule has 0 spiro atoms. The fourth-order valence-electron chi connectivity index (χ4n) is 2.37. The molecule has 0 saturated carbocycles. The first-order valence-electron chi connectivity index (χ1n) is 6.02. The predicted octanol–water partition coefficient (Wildman–Crippen LogP) is 2.20. The first-order chi connectivity index (χ1) is 8.54. The molecule has 1 fully saturated rings. The molecule has 1 aliphatic rings. The van der Waals surface area contributed by atoms with E-state index < -0.39 is 11.5 Å². The lowest BCUT2D eigenvalue weighted by molar-refractivity contribution is -0.145. The highest BCUT2D eigenvalue weighted by Gasteiger charge is 2.45. The molecule has 2 atom stereocenters. The number of nitrogens with one attached hydrogen (secondary N) is 2. The van der Waals surface area contributed by atoms with Gasteiger partial charge in [0.05, 0.1) is 0 Å². The van der Waals surface area contributed by atoms with E-state index in [4.69, 9.17) is 11.6 Å². The van der Waals surface area contributed by atoms with Crippen LogP contribution in [0.4, 0.5) is 5.69 Å². The van der Waals surface area contributed by atoms with Gasteiger partial charge in [0, 0.05) is 23.2 Å². The quantitative estimate of drug-likeness (QED) is 0.787. The maximum atomic E-state index is 11.6. The van der Waals surface area contributed by atoms with Crippen LogP contribution in [0.3, 0.4) is 0 Å². The van der Waals surface area contributed by atoms with Gasteiger partial charge in [0.2, 0.25) is 0 Å². The maximum absolute atomic E-state index is 11.6. The monoisotopic (exact) mass is 268 g/mol. The van der Waals surface area contributed by atoms with Crippen molar-refractivity contribution in [2.45, 2.75) is 18.9 Å². The number of carboxylic acid groups (broad SMARTS) is 1. The second-order valence-corrected chi connectivity index (χ2v) is 5.20. The normalized spacial score (nSPS) is 27.8. The number of rotatable bonds is 3. The zero-order valence-electron chi connectivity index (χ0n) is 10.2. The van der Waals surface area contributed by atoms with Crippen LogP contribution in [0.5, 0.6) is 0 Å². The van der Waals surface area contributed by atoms with Crippen molar-refractivity contribution in [1.29, 1.82) is 0 Å². The van der Waals surface area contributed by atoms with Gasteiger partial charge in [-0.2, -0.15) is 0 Å². The number of carbonyl (C=O) groups is 1. The minimum atomic E-state index is -0.904. The van der Waals surface area contributed by atoms with Crippen LogP contribution in [0.15, 0.2) is 24.3 Å². The molecule has 5 heteroatoms. The van der Waals surface area contributed by atoms with Gasteiger partial charge in [-0.3, -0.25) is 0 Å². The Morgan fingerprint density at radius 3 is 2.72 bits per heavy atom. The van der Waals surface area contributed by atoms with Crippen LogP contribution in [0.1, 0.15) is 13.3 Å². The van der Waals surface area contributed by atoms with Crippen LogP contribution < -0.4 is 10.6 Å². The fraction of sp³-hybridized carbons (Fsp3) is 0.462. The second kappa shape index (κ2) is 5.16. The van der Waals surface area contributed by atoms with E-state index in [9.17, 15) is 9.90 Å². The van der Waals surface area contributed by atoms with E-state index in [1.807, 2.05) is 19.1 Å². The largest absolute Gasteiger partial charge is 0.479 e. The molecule has 4 nitrogen and oxygen atoms in total. The summed E-state index contributed by atoms with van der Waals surface area (Å²) < 4.78 is 0. The third-order valence-electron chi connectivity index (χ3n) is 3.58. The van der Waals surface area contributed by atoms with Gasteiger partial charge in [-0.25, -0.2) is 4.79 Å². The van der Waals surface area contributed by atoms with Crippen LogP contribution in [-0.4, -0.2) is 29.7 Å². The van der Waals surface area contributed by atoms with E-state index in [0.717, 1.165) is 5.69 Å². The Morgan fingerprint density at radius 2 is 2.17 bits per heavy atom. The average Bonchev–Trinajstić information content (AvgIpc) is 2.35. The van der Waals surface area contributed by atoms with E-state index in [-0.39, 0.29) is 5.92 Å². The van der Waals surface area contributed by atoms with Crippen LogP contribution in [0.2, 0.25) is 5.02 Å². The molecule has 1 heterocycles. The van der Waals surface area contributed by atoms with Gasteiger partial charge in [-0.05, 0) is 37.2 Å². The van der Waals surface area contributed by atoms with Crippen molar-refractivity contribution in [2.75, 3.05) is 18.4 Å². The Balaban J connectivity index is 2.25. The lowest BCUT2D eigenvalue weighted by Crippen LogP contribution is -2.59. The Labute approximate surface area is 111 Å². The molecule has 0 aliphatic carbocycles. The van der Waals surface area contributed by atoms with Gasteiger partial charge in [0.1, 0.15) is 5.54 Å². The zero-order valence-corrected chi connectivity index (χ0v) is 11.0. The minimum absolute atomic E-state index is 0.0134. The molecule has 0 aromatic heterocycles. The van der Waals surface area contributed by atoms with Crippen LogP contribution in [-0.2, 0) is 4.79 Å². The molecule has 1 aliphatic heterocycles. The second-order valence-electron chi connectivity index (χ2n) is 4.76. The van der Waals surface area contributed by atoms with E-state index >= 15 is 0 Å². The maximum Gasteiger partial charge on any atom is 0.329 e. The lowest BCUT2D eigenvalue weighted by Gasteiger charge is -2.40. The van der Waals surface area contributed by atoms with Gasteiger partial charge in [0.25, 0.3) is 0 Å². The number of aliphatic carboxylic acids is 1. The highest BCUT2D eigenvalue weighted by atomic mass is 35.5. The first kappa shape index (κ1) is 13.2. The number of hydrogen-bond acceptors (Lipinski definition) is 3. The van der Waals surface area contributed by atoms with Crippen molar-refractivity contribution in [1.82, 2.24) is 5.32 Å². The Bertz CT molecular complexity index is 435. The predicted molar refractivity (Wildman–Crippen MR) is 72.1 cm³/mol. The van der Waals surface area contributed by atoms with E-state index in [1.165, 1.54) is 0 Å². The highest BCUT2D eigenvalue weighted by molar-refractivity contribution is 6.30. The first-order valence-corrected chi connectivity index (χ1v) is 6.40. The highest BCUT2D eigenvalue weighted by Crippen LogP contribution is 2.29. The molecular formula is C13H17ClN2O2. The van der Waals surface area contributed by atoms with Crippen LogP contribution in [0.25, 0.3) is 0 Å². The number of hydrogen-bond donors (Lipinski definition) is 3. The zero-order chi connectivity index (χ0) is 13.2. The van der Waals surface area contributed by atoms with Gasteiger partial charge in [-0.15, -0.1) is 0 Å². The summed E-state index contributed by atoms with van der Waals surface area (Å²) in [5.41, 5.74) is -0.116. The standard InChI is InChI=1S/C13H17ClN2O2/c1-9-8-15-7-6-13(9,12(17)18)16-11-4-2-10(14)3-5-11/h2-5,9,15-16H,6-8H2,1H3,(H,17,18). The molecule has 3 N–H and O–H groups in total. The van der Waals surface area contributed by atoms with Crippen molar-refractivity contribution in [2.24, 2.45) is 5.92 Å². The number of benzene rings is 1. The third kappa shape index (κ3) is 2.44. The summed E-state index contributed by atoms with van der Waals surface area (Å²) in [6.45, 7) is 3.35. The molecule has 98 valence electrons. The minimum Gasteiger partial charge on any atom is -0.479 e. The Kier molecular flexibility index (Phi) is 3.78. The third-order valence-corrected chi connectivity index (χ3v) is 3.83. The van der Waals surface area contributed by atoms with E-state index in [2.05, 4.69) is 10.6 Å². The van der Waals surface area contributed by atoms with E-state index in [1.54, 1.807) is 12.1 Å². The molecule has 1 saturated heterocycles. The number of halogens is 1. The number of carboxylic acids is 1. The van der Waals surface area contributed by atoms with E-state index in [0.29, 0.717) is 24.5 Å². The molecule has 18 heavy (non-hydrogen) atoms. The van der Waals surface area contributed by atoms with Crippen molar-refractivity contribution < 1.29 is 9.90 Å². The summed E-state index contributed by atoms with van der Waals surface area (Å²) in [5.74, 6) is -0.786. The van der Waals surface area contributed by atoms with Crippen molar-refractivity contribution in [3.63, 3.8) is 0 Å². The van der Waals surface area contributed by atoms with Crippen LogP contribution >= 0.6 is 11.6 Å². The molecule has 1 aromatic carbocycles. The molecular weight excluding hydrogens is 252 g/mol. The van der Waals surface area contributed by atoms with Gasteiger partial charge in [0.15, 0.2) is 0 Å². The molecule has 0 radical (unpaired) electrons. The van der Waals surface area contributed by atoms with Crippen LogP contribution in [0, 0.1) is 5.92 Å². The topological polar surface area (TPSA) is 61.4 Å². The van der Waals surface area contributed by atoms with Gasteiger partial charge < -0.3 is 15.7 Å². The summed E-state index contributed by atoms with van der Waals surface area (Å²) in [6.07, 6.45) is 0.562. The molecule has 0 amide bonds. The SMILES string of the molecule is CC1CNCCC1(Nc1ccc(Cl)cc1)C(=O)O. The van der Waals surface area contributed by atoms with Gasteiger partial charge in [-0.1, -0.05) is 18.5 Å². The lowest BCUT2D eigenvalue weighted by atomic mass is 9.79. The Morgan fingerprint density at radius 1 is 1.50 bits per heavy atom. The number of piperidine rings is 1. The summed E-state index contributed by atoms with van der Waals surface area (Å²) in [5, 5.41) is 16.6. The molecule has 2 unspecified atom stereocenters. The average molecular weight is 269 g/mol. The van der Waals surface area contributed by atoms with Crippen molar-refractivity contribution >= 4 is 23.3 Å². The van der Waals surface area contributed by atoms with Crippen molar-refractivity contribution in [3.05, 3.63) is 29.3 Å². The smallest absolute Gasteiger partial charge is 0.329 e. The molecule has 0 bridgehead atoms. The van der Waals surface area contributed by atoms with Crippen molar-refractivity contribution in [3.8, 4) is 0 Å². The molecule has 1 aromatic rings.